The van der Waals surface area contributed by atoms with E-state index in [9.17, 15) is 13.2 Å². The lowest BCUT2D eigenvalue weighted by Gasteiger charge is -2.19. The van der Waals surface area contributed by atoms with E-state index in [0.717, 1.165) is 0 Å². The number of carbonyl (C=O) groups excluding carboxylic acids is 1. The van der Waals surface area contributed by atoms with Crippen molar-refractivity contribution in [3.05, 3.63) is 48.3 Å². The van der Waals surface area contributed by atoms with Crippen LogP contribution in [0.5, 0.6) is 5.75 Å². The van der Waals surface area contributed by atoms with Crippen LogP contribution in [0.4, 0.5) is 5.69 Å². The van der Waals surface area contributed by atoms with Crippen molar-refractivity contribution < 1.29 is 17.9 Å². The number of ether oxygens (including phenoxy) is 1. The number of anilines is 1. The molecule has 27 heavy (non-hydrogen) atoms. The quantitative estimate of drug-likeness (QED) is 0.868. The summed E-state index contributed by atoms with van der Waals surface area (Å²) < 4.78 is 33.4. The molecule has 1 aromatic carbocycles. The molecule has 0 saturated carbocycles. The normalized spacial score (nSPS) is 21.7. The molecular weight excluding hydrogens is 366 g/mol. The van der Waals surface area contributed by atoms with Crippen LogP contribution in [0.15, 0.2) is 47.6 Å². The van der Waals surface area contributed by atoms with E-state index >= 15 is 0 Å². The number of benzene rings is 1. The Morgan fingerprint density at radius 3 is 2.85 bits per heavy atom. The standard InChI is InChI=1S/C19H21N3O4S/c1-19(2)16-10-15(5-6-17(16)21-18(19)23)27(24,25)22-9-7-14(12-22)26-13-4-3-8-20-11-13/h3-6,8,10-11,14H,7,9,12H2,1-2H3,(H,21,23). The number of hydrogen-bond donors (Lipinski definition) is 1. The van der Waals surface area contributed by atoms with Crippen LogP contribution in [0.2, 0.25) is 0 Å². The molecule has 142 valence electrons. The smallest absolute Gasteiger partial charge is 0.243 e. The van der Waals surface area contributed by atoms with Gasteiger partial charge in [-0.1, -0.05) is 0 Å². The van der Waals surface area contributed by atoms with Crippen LogP contribution in [0, 0.1) is 0 Å². The number of aromatic nitrogens is 1. The summed E-state index contributed by atoms with van der Waals surface area (Å²) in [6.07, 6.45) is 3.68. The summed E-state index contributed by atoms with van der Waals surface area (Å²) in [6, 6.07) is 8.40. The van der Waals surface area contributed by atoms with Crippen LogP contribution >= 0.6 is 0 Å². The van der Waals surface area contributed by atoms with Crippen molar-refractivity contribution in [1.29, 1.82) is 0 Å². The Kier molecular flexibility index (Phi) is 4.20. The minimum absolute atomic E-state index is 0.127. The third-order valence-electron chi connectivity index (χ3n) is 5.16. The van der Waals surface area contributed by atoms with E-state index in [1.54, 1.807) is 56.6 Å². The molecule has 2 aromatic rings. The molecule has 1 saturated heterocycles. The van der Waals surface area contributed by atoms with Gasteiger partial charge in [0.1, 0.15) is 11.9 Å². The lowest BCUT2D eigenvalue weighted by molar-refractivity contribution is -0.119. The molecule has 1 fully saturated rings. The zero-order chi connectivity index (χ0) is 19.2. The highest BCUT2D eigenvalue weighted by molar-refractivity contribution is 7.89. The van der Waals surface area contributed by atoms with Gasteiger partial charge in [0.2, 0.25) is 15.9 Å². The first-order valence-corrected chi connectivity index (χ1v) is 10.3. The predicted octanol–water partition coefficient (Wildman–Crippen LogP) is 2.15. The van der Waals surface area contributed by atoms with Gasteiger partial charge in [-0.3, -0.25) is 9.78 Å². The highest BCUT2D eigenvalue weighted by atomic mass is 32.2. The summed E-state index contributed by atoms with van der Waals surface area (Å²) >= 11 is 0. The molecule has 0 aliphatic carbocycles. The second kappa shape index (κ2) is 6.31. The van der Waals surface area contributed by atoms with Gasteiger partial charge in [0.25, 0.3) is 0 Å². The topological polar surface area (TPSA) is 88.6 Å². The Balaban J connectivity index is 1.55. The van der Waals surface area contributed by atoms with Gasteiger partial charge >= 0.3 is 0 Å². The molecule has 1 amide bonds. The zero-order valence-corrected chi connectivity index (χ0v) is 16.0. The van der Waals surface area contributed by atoms with Gasteiger partial charge in [0, 0.05) is 18.4 Å². The average Bonchev–Trinajstić information content (AvgIpc) is 3.19. The maximum absolute atomic E-state index is 13.1. The minimum atomic E-state index is -3.65. The second-order valence-corrected chi connectivity index (χ2v) is 9.30. The fourth-order valence-corrected chi connectivity index (χ4v) is 4.99. The number of rotatable bonds is 4. The van der Waals surface area contributed by atoms with Crippen molar-refractivity contribution in [3.63, 3.8) is 0 Å². The number of nitrogens with zero attached hydrogens (tertiary/aromatic N) is 2. The molecule has 1 atom stereocenters. The first kappa shape index (κ1) is 17.9. The second-order valence-electron chi connectivity index (χ2n) is 7.37. The van der Waals surface area contributed by atoms with Crippen LogP contribution < -0.4 is 10.1 Å². The van der Waals surface area contributed by atoms with Crippen molar-refractivity contribution >= 4 is 21.6 Å². The van der Waals surface area contributed by atoms with E-state index in [0.29, 0.717) is 30.0 Å². The highest BCUT2D eigenvalue weighted by Gasteiger charge is 2.40. The lowest BCUT2D eigenvalue weighted by Crippen LogP contribution is -2.31. The Hall–Kier alpha value is -2.45. The number of fused-ring (bicyclic) bond motifs is 1. The minimum Gasteiger partial charge on any atom is -0.487 e. The fourth-order valence-electron chi connectivity index (χ4n) is 3.48. The number of amides is 1. The molecule has 8 heteroatoms. The molecule has 1 unspecified atom stereocenters. The summed E-state index contributed by atoms with van der Waals surface area (Å²) in [7, 11) is -3.65. The van der Waals surface area contributed by atoms with Gasteiger partial charge in [-0.15, -0.1) is 0 Å². The molecule has 4 rings (SSSR count). The van der Waals surface area contributed by atoms with Gasteiger partial charge in [0.05, 0.1) is 23.1 Å². The molecule has 3 heterocycles. The van der Waals surface area contributed by atoms with Crippen LogP contribution in [-0.4, -0.2) is 42.8 Å². The summed E-state index contributed by atoms with van der Waals surface area (Å²) in [4.78, 5) is 16.3. The van der Waals surface area contributed by atoms with E-state index in [-0.39, 0.29) is 23.5 Å². The Labute approximate surface area is 158 Å². The predicted molar refractivity (Wildman–Crippen MR) is 100 cm³/mol. The summed E-state index contributed by atoms with van der Waals surface area (Å²) in [5.74, 6) is 0.503. The van der Waals surface area contributed by atoms with E-state index in [4.69, 9.17) is 4.74 Å². The van der Waals surface area contributed by atoms with E-state index < -0.39 is 15.4 Å². The van der Waals surface area contributed by atoms with Crippen LogP contribution in [0.25, 0.3) is 0 Å². The molecule has 0 bridgehead atoms. The summed E-state index contributed by atoms with van der Waals surface area (Å²) in [5.41, 5.74) is 0.622. The summed E-state index contributed by atoms with van der Waals surface area (Å²) in [6.45, 7) is 4.26. The van der Waals surface area contributed by atoms with E-state index in [2.05, 4.69) is 10.3 Å². The number of hydrogen-bond acceptors (Lipinski definition) is 5. The van der Waals surface area contributed by atoms with E-state index in [1.165, 1.54) is 4.31 Å². The number of pyridine rings is 1. The molecule has 2 aliphatic rings. The third kappa shape index (κ3) is 3.08. The highest BCUT2D eigenvalue weighted by Crippen LogP contribution is 2.39. The van der Waals surface area contributed by atoms with Gasteiger partial charge in [0.15, 0.2) is 0 Å². The maximum Gasteiger partial charge on any atom is 0.243 e. The Bertz CT molecular complexity index is 989. The average molecular weight is 387 g/mol. The molecule has 0 radical (unpaired) electrons. The molecule has 2 aliphatic heterocycles. The summed E-state index contributed by atoms with van der Waals surface area (Å²) in [5, 5.41) is 2.80. The number of carbonyl (C=O) groups is 1. The van der Waals surface area contributed by atoms with Crippen LogP contribution in [0.1, 0.15) is 25.8 Å². The van der Waals surface area contributed by atoms with Gasteiger partial charge in [-0.05, 0) is 56.2 Å². The fraction of sp³-hybridized carbons (Fsp3) is 0.368. The van der Waals surface area contributed by atoms with Crippen LogP contribution in [0.3, 0.4) is 0 Å². The Morgan fingerprint density at radius 2 is 2.11 bits per heavy atom. The zero-order valence-electron chi connectivity index (χ0n) is 15.2. The third-order valence-corrected chi connectivity index (χ3v) is 7.02. The van der Waals surface area contributed by atoms with Crippen molar-refractivity contribution in [2.45, 2.75) is 36.7 Å². The van der Waals surface area contributed by atoms with Crippen molar-refractivity contribution in [1.82, 2.24) is 9.29 Å². The van der Waals surface area contributed by atoms with Crippen molar-refractivity contribution in [3.8, 4) is 5.75 Å². The molecule has 1 aromatic heterocycles. The van der Waals surface area contributed by atoms with E-state index in [1.807, 2.05) is 0 Å². The first-order chi connectivity index (χ1) is 12.8. The van der Waals surface area contributed by atoms with Crippen molar-refractivity contribution in [2.24, 2.45) is 0 Å². The largest absolute Gasteiger partial charge is 0.487 e. The van der Waals surface area contributed by atoms with Gasteiger partial charge in [-0.2, -0.15) is 4.31 Å². The van der Waals surface area contributed by atoms with Crippen molar-refractivity contribution in [2.75, 3.05) is 18.4 Å². The van der Waals surface area contributed by atoms with Crippen LogP contribution in [-0.2, 0) is 20.2 Å². The van der Waals surface area contributed by atoms with Gasteiger partial charge in [-0.25, -0.2) is 8.42 Å². The molecule has 7 nitrogen and oxygen atoms in total. The first-order valence-electron chi connectivity index (χ1n) is 8.81. The maximum atomic E-state index is 13.1. The Morgan fingerprint density at radius 1 is 1.30 bits per heavy atom. The molecule has 0 spiro atoms. The molecular formula is C19H21N3O4S. The number of sulfonamides is 1. The lowest BCUT2D eigenvalue weighted by atomic mass is 9.86. The monoisotopic (exact) mass is 387 g/mol. The van der Waals surface area contributed by atoms with Gasteiger partial charge < -0.3 is 10.1 Å². The number of nitrogens with one attached hydrogen (secondary N) is 1. The molecule has 1 N–H and O–H groups in total. The SMILES string of the molecule is CC1(C)C(=O)Nc2ccc(S(=O)(=O)N3CCC(Oc4cccnc4)C3)cc21.